The molecule has 1 saturated carbocycles. The van der Waals surface area contributed by atoms with Crippen LogP contribution in [0.15, 0.2) is 18.2 Å². The number of hydrogen-bond donors (Lipinski definition) is 1. The van der Waals surface area contributed by atoms with E-state index in [1.54, 1.807) is 19.1 Å². The molecule has 18 heavy (non-hydrogen) atoms. The van der Waals surface area contributed by atoms with Crippen molar-refractivity contribution < 1.29 is 9.18 Å². The van der Waals surface area contributed by atoms with E-state index in [0.717, 1.165) is 12.8 Å². The number of nitriles is 1. The molecule has 0 atom stereocenters. The topological polar surface area (TPSA) is 52.9 Å². The first kappa shape index (κ1) is 12.6. The van der Waals surface area contributed by atoms with Crippen molar-refractivity contribution in [3.63, 3.8) is 0 Å². The standard InChI is InChI=1S/C14H15FN2O/c1-10-11(15)5-4-6-12(10)17-13(18)14(9-16)7-2-3-8-14/h4-6H,2-3,7-8H2,1H3,(H,17,18). The molecule has 1 aromatic carbocycles. The fourth-order valence-corrected chi connectivity index (χ4v) is 2.35. The Balaban J connectivity index is 2.22. The highest BCUT2D eigenvalue weighted by Crippen LogP contribution is 2.38. The van der Waals surface area contributed by atoms with E-state index in [2.05, 4.69) is 11.4 Å². The van der Waals surface area contributed by atoms with E-state index in [0.29, 0.717) is 24.1 Å². The van der Waals surface area contributed by atoms with Crippen molar-refractivity contribution in [2.24, 2.45) is 5.41 Å². The van der Waals surface area contributed by atoms with Crippen LogP contribution in [0.5, 0.6) is 0 Å². The summed E-state index contributed by atoms with van der Waals surface area (Å²) < 4.78 is 13.4. The minimum Gasteiger partial charge on any atom is -0.324 e. The Morgan fingerprint density at radius 3 is 2.72 bits per heavy atom. The predicted molar refractivity (Wildman–Crippen MR) is 66.3 cm³/mol. The SMILES string of the molecule is Cc1c(F)cccc1NC(=O)C1(C#N)CCCC1. The molecule has 1 fully saturated rings. The second-order valence-electron chi connectivity index (χ2n) is 4.77. The Labute approximate surface area is 106 Å². The van der Waals surface area contributed by atoms with Gasteiger partial charge in [0.05, 0.1) is 6.07 Å². The summed E-state index contributed by atoms with van der Waals surface area (Å²) in [5, 5.41) is 11.9. The molecule has 1 aliphatic rings. The highest BCUT2D eigenvalue weighted by Gasteiger charge is 2.41. The van der Waals surface area contributed by atoms with Gasteiger partial charge in [-0.25, -0.2) is 4.39 Å². The number of rotatable bonds is 2. The second kappa shape index (κ2) is 4.77. The van der Waals surface area contributed by atoms with Crippen LogP contribution in [0.25, 0.3) is 0 Å². The van der Waals surface area contributed by atoms with E-state index in [1.807, 2.05) is 0 Å². The molecule has 0 heterocycles. The summed E-state index contributed by atoms with van der Waals surface area (Å²) in [5.41, 5.74) is -0.0860. The quantitative estimate of drug-likeness (QED) is 0.871. The van der Waals surface area contributed by atoms with E-state index in [1.165, 1.54) is 6.07 Å². The maximum atomic E-state index is 13.4. The molecule has 1 amide bonds. The second-order valence-corrected chi connectivity index (χ2v) is 4.77. The summed E-state index contributed by atoms with van der Waals surface area (Å²) in [7, 11) is 0. The molecule has 94 valence electrons. The lowest BCUT2D eigenvalue weighted by atomic mass is 9.87. The van der Waals surface area contributed by atoms with Crippen LogP contribution in [0.3, 0.4) is 0 Å². The molecule has 3 nitrogen and oxygen atoms in total. The summed E-state index contributed by atoms with van der Waals surface area (Å²) in [6.07, 6.45) is 2.96. The molecule has 0 bridgehead atoms. The predicted octanol–water partition coefficient (Wildman–Crippen LogP) is 3.16. The molecular formula is C14H15FN2O. The van der Waals surface area contributed by atoms with E-state index < -0.39 is 5.41 Å². The third-order valence-corrected chi connectivity index (χ3v) is 3.62. The minimum absolute atomic E-state index is 0.309. The Hall–Kier alpha value is -1.89. The number of hydrogen-bond acceptors (Lipinski definition) is 2. The van der Waals surface area contributed by atoms with E-state index in [9.17, 15) is 14.4 Å². The lowest BCUT2D eigenvalue weighted by Gasteiger charge is -2.20. The number of amides is 1. The monoisotopic (exact) mass is 246 g/mol. The normalized spacial score (nSPS) is 17.2. The molecule has 0 spiro atoms. The Morgan fingerprint density at radius 2 is 2.11 bits per heavy atom. The molecule has 0 radical (unpaired) electrons. The van der Waals surface area contributed by atoms with Gasteiger partial charge in [-0.05, 0) is 31.9 Å². The van der Waals surface area contributed by atoms with E-state index >= 15 is 0 Å². The van der Waals surface area contributed by atoms with Gasteiger partial charge < -0.3 is 5.32 Å². The van der Waals surface area contributed by atoms with Crippen LogP contribution >= 0.6 is 0 Å². The van der Waals surface area contributed by atoms with Gasteiger partial charge in [0.25, 0.3) is 0 Å². The van der Waals surface area contributed by atoms with Crippen molar-refractivity contribution in [2.45, 2.75) is 32.6 Å². The molecule has 4 heteroatoms. The Morgan fingerprint density at radius 1 is 1.44 bits per heavy atom. The minimum atomic E-state index is -0.932. The summed E-state index contributed by atoms with van der Waals surface area (Å²) in [4.78, 5) is 12.2. The van der Waals surface area contributed by atoms with Crippen molar-refractivity contribution in [1.29, 1.82) is 5.26 Å². The van der Waals surface area contributed by atoms with Gasteiger partial charge >= 0.3 is 0 Å². The van der Waals surface area contributed by atoms with Crippen molar-refractivity contribution in [1.82, 2.24) is 0 Å². The van der Waals surface area contributed by atoms with E-state index in [-0.39, 0.29) is 11.7 Å². The van der Waals surface area contributed by atoms with Crippen LogP contribution in [0, 0.1) is 29.5 Å². The van der Waals surface area contributed by atoms with Gasteiger partial charge in [0.1, 0.15) is 11.2 Å². The molecule has 0 saturated heterocycles. The fraction of sp³-hybridized carbons (Fsp3) is 0.429. The molecular weight excluding hydrogens is 231 g/mol. The van der Waals surface area contributed by atoms with E-state index in [4.69, 9.17) is 0 Å². The van der Waals surface area contributed by atoms with Crippen molar-refractivity contribution in [2.75, 3.05) is 5.32 Å². The van der Waals surface area contributed by atoms with Crippen molar-refractivity contribution in [3.05, 3.63) is 29.6 Å². The zero-order valence-corrected chi connectivity index (χ0v) is 10.3. The molecule has 0 aliphatic heterocycles. The van der Waals surface area contributed by atoms with Gasteiger partial charge in [-0.1, -0.05) is 18.9 Å². The summed E-state index contributed by atoms with van der Waals surface area (Å²) >= 11 is 0. The average molecular weight is 246 g/mol. The van der Waals surface area contributed by atoms with Crippen LogP contribution in [0.4, 0.5) is 10.1 Å². The van der Waals surface area contributed by atoms with Crippen molar-refractivity contribution in [3.8, 4) is 6.07 Å². The smallest absolute Gasteiger partial charge is 0.244 e. The van der Waals surface area contributed by atoms with Crippen LogP contribution < -0.4 is 5.32 Å². The highest BCUT2D eigenvalue weighted by atomic mass is 19.1. The van der Waals surface area contributed by atoms with Crippen LogP contribution in [0.1, 0.15) is 31.2 Å². The number of halogens is 1. The number of anilines is 1. The number of nitrogens with one attached hydrogen (secondary N) is 1. The lowest BCUT2D eigenvalue weighted by Crippen LogP contribution is -2.32. The first-order valence-electron chi connectivity index (χ1n) is 6.07. The van der Waals surface area contributed by atoms with Gasteiger partial charge in [-0.3, -0.25) is 4.79 Å². The van der Waals surface area contributed by atoms with Crippen LogP contribution in [0.2, 0.25) is 0 Å². The zero-order valence-electron chi connectivity index (χ0n) is 10.3. The first-order chi connectivity index (χ1) is 8.59. The molecule has 2 rings (SSSR count). The number of carbonyl (C=O) groups excluding carboxylic acids is 1. The van der Waals surface area contributed by atoms with Crippen molar-refractivity contribution >= 4 is 11.6 Å². The van der Waals surface area contributed by atoms with Gasteiger partial charge in [-0.2, -0.15) is 5.26 Å². The third kappa shape index (κ3) is 2.08. The summed E-state index contributed by atoms with van der Waals surface area (Å²) in [5.74, 6) is -0.665. The lowest BCUT2D eigenvalue weighted by molar-refractivity contribution is -0.122. The number of nitrogens with zero attached hydrogens (tertiary/aromatic N) is 1. The number of benzene rings is 1. The molecule has 1 aromatic rings. The average Bonchev–Trinajstić information content (AvgIpc) is 2.85. The fourth-order valence-electron chi connectivity index (χ4n) is 2.35. The maximum Gasteiger partial charge on any atom is 0.244 e. The largest absolute Gasteiger partial charge is 0.324 e. The third-order valence-electron chi connectivity index (χ3n) is 3.62. The maximum absolute atomic E-state index is 13.4. The zero-order chi connectivity index (χ0) is 13.2. The molecule has 0 aromatic heterocycles. The van der Waals surface area contributed by atoms with Gasteiger partial charge in [0.15, 0.2) is 0 Å². The van der Waals surface area contributed by atoms with Crippen LogP contribution in [-0.4, -0.2) is 5.91 Å². The summed E-state index contributed by atoms with van der Waals surface area (Å²) in [6.45, 7) is 1.61. The highest BCUT2D eigenvalue weighted by molar-refractivity contribution is 5.97. The Bertz CT molecular complexity index is 513. The summed E-state index contributed by atoms with van der Waals surface area (Å²) in [6, 6.07) is 6.67. The van der Waals surface area contributed by atoms with Gasteiger partial charge in [0, 0.05) is 11.3 Å². The van der Waals surface area contributed by atoms with Gasteiger partial charge in [0.2, 0.25) is 5.91 Å². The van der Waals surface area contributed by atoms with Crippen LogP contribution in [-0.2, 0) is 4.79 Å². The molecule has 1 aliphatic carbocycles. The Kier molecular flexibility index (Phi) is 3.33. The van der Waals surface area contributed by atoms with Gasteiger partial charge in [-0.15, -0.1) is 0 Å². The molecule has 1 N–H and O–H groups in total. The number of carbonyl (C=O) groups is 1. The first-order valence-corrected chi connectivity index (χ1v) is 6.07. The molecule has 0 unspecified atom stereocenters.